The maximum absolute atomic E-state index is 12.7. The summed E-state index contributed by atoms with van der Waals surface area (Å²) in [5.41, 5.74) is -0.803. The summed E-state index contributed by atoms with van der Waals surface area (Å²) in [7, 11) is 0. The van der Waals surface area contributed by atoms with Crippen LogP contribution in [0.5, 0.6) is 0 Å². The van der Waals surface area contributed by atoms with Gasteiger partial charge in [-0.15, -0.1) is 10.2 Å². The minimum atomic E-state index is -4.44. The van der Waals surface area contributed by atoms with Crippen LogP contribution in [0.1, 0.15) is 42.9 Å². The quantitative estimate of drug-likeness (QED) is 0.819. The number of halogens is 3. The largest absolute Gasteiger partial charge is 0.416 e. The maximum Gasteiger partial charge on any atom is 0.416 e. The van der Waals surface area contributed by atoms with Crippen LogP contribution in [0.25, 0.3) is 0 Å². The van der Waals surface area contributed by atoms with Crippen LogP contribution < -0.4 is 10.9 Å². The Morgan fingerprint density at radius 2 is 2.00 bits per heavy atom. The van der Waals surface area contributed by atoms with Gasteiger partial charge in [-0.05, 0) is 25.5 Å². The molecule has 0 saturated carbocycles. The van der Waals surface area contributed by atoms with Crippen molar-refractivity contribution < 1.29 is 18.0 Å². The summed E-state index contributed by atoms with van der Waals surface area (Å²) in [4.78, 5) is 26.1. The van der Waals surface area contributed by atoms with E-state index >= 15 is 0 Å². The number of H-pyrrole nitrogens is 1. The molecule has 9 heteroatoms. The summed E-state index contributed by atoms with van der Waals surface area (Å²) < 4.78 is 38.2. The fraction of sp³-hybridized carbons (Fsp3) is 0.412. The van der Waals surface area contributed by atoms with Gasteiger partial charge in [-0.3, -0.25) is 9.59 Å². The van der Waals surface area contributed by atoms with Crippen molar-refractivity contribution in [3.8, 4) is 0 Å². The molecule has 6 nitrogen and oxygen atoms in total. The molecule has 0 bridgehead atoms. The summed E-state index contributed by atoms with van der Waals surface area (Å²) in [6.45, 7) is 3.65. The van der Waals surface area contributed by atoms with E-state index in [4.69, 9.17) is 0 Å². The van der Waals surface area contributed by atoms with E-state index in [1.54, 1.807) is 0 Å². The summed E-state index contributed by atoms with van der Waals surface area (Å²) in [6, 6.07) is 4.79. The predicted molar refractivity (Wildman–Crippen MR) is 88.5 cm³/mol. The minimum absolute atomic E-state index is 0.00158. The standard InChI is InChI=1S/C17H19F3N4O2/c1-10(2)21-15(25)7-6-13-16(26)22-14(24-23-13)9-11-4-3-5-12(8-11)17(18,19)20/h3-5,8,10H,6-7,9H2,1-2H3,(H,21,25)(H,22,24,26). The molecule has 1 heterocycles. The fourth-order valence-electron chi connectivity index (χ4n) is 2.31. The van der Waals surface area contributed by atoms with Crippen molar-refractivity contribution >= 4 is 5.91 Å². The average Bonchev–Trinajstić information content (AvgIpc) is 2.53. The highest BCUT2D eigenvalue weighted by atomic mass is 19.4. The molecule has 2 N–H and O–H groups in total. The highest BCUT2D eigenvalue weighted by Crippen LogP contribution is 2.29. The Balaban J connectivity index is 2.06. The van der Waals surface area contributed by atoms with Crippen molar-refractivity contribution in [1.29, 1.82) is 0 Å². The van der Waals surface area contributed by atoms with Crippen molar-refractivity contribution in [2.24, 2.45) is 0 Å². The minimum Gasteiger partial charge on any atom is -0.354 e. The van der Waals surface area contributed by atoms with Crippen LogP contribution in [-0.4, -0.2) is 27.1 Å². The molecular formula is C17H19F3N4O2. The third-order valence-corrected chi connectivity index (χ3v) is 3.48. The Labute approximate surface area is 147 Å². The van der Waals surface area contributed by atoms with Crippen LogP contribution in [0, 0.1) is 0 Å². The number of aromatic nitrogens is 3. The zero-order valence-corrected chi connectivity index (χ0v) is 14.4. The predicted octanol–water partition coefficient (Wildman–Crippen LogP) is 2.23. The number of nitrogens with zero attached hydrogens (tertiary/aromatic N) is 2. The summed E-state index contributed by atoms with van der Waals surface area (Å²) in [5, 5.41) is 10.4. The zero-order chi connectivity index (χ0) is 19.3. The van der Waals surface area contributed by atoms with Gasteiger partial charge < -0.3 is 10.3 Å². The van der Waals surface area contributed by atoms with E-state index in [2.05, 4.69) is 20.5 Å². The number of carbonyl (C=O) groups excluding carboxylic acids is 1. The molecule has 0 unspecified atom stereocenters. The van der Waals surface area contributed by atoms with E-state index in [1.807, 2.05) is 13.8 Å². The normalized spacial score (nSPS) is 11.6. The van der Waals surface area contributed by atoms with Crippen LogP contribution in [0.3, 0.4) is 0 Å². The Bertz CT molecular complexity index is 831. The van der Waals surface area contributed by atoms with Gasteiger partial charge in [0.1, 0.15) is 11.5 Å². The van der Waals surface area contributed by atoms with Gasteiger partial charge in [-0.1, -0.05) is 18.2 Å². The summed E-state index contributed by atoms with van der Waals surface area (Å²) in [6.07, 6.45) is -4.19. The third-order valence-electron chi connectivity index (χ3n) is 3.48. The van der Waals surface area contributed by atoms with Crippen molar-refractivity contribution in [2.45, 2.75) is 45.3 Å². The first-order chi connectivity index (χ1) is 12.1. The second-order valence-corrected chi connectivity index (χ2v) is 6.14. The van der Waals surface area contributed by atoms with Crippen LogP contribution in [-0.2, 0) is 23.8 Å². The fourth-order valence-corrected chi connectivity index (χ4v) is 2.31. The molecule has 0 saturated heterocycles. The molecule has 0 radical (unpaired) electrons. The monoisotopic (exact) mass is 368 g/mol. The summed E-state index contributed by atoms with van der Waals surface area (Å²) in [5.74, 6) is -0.0426. The van der Waals surface area contributed by atoms with E-state index in [1.165, 1.54) is 12.1 Å². The molecule has 1 aromatic heterocycles. The van der Waals surface area contributed by atoms with E-state index in [-0.39, 0.29) is 42.7 Å². The van der Waals surface area contributed by atoms with Gasteiger partial charge in [0.25, 0.3) is 5.56 Å². The second-order valence-electron chi connectivity index (χ2n) is 6.14. The number of hydrogen-bond acceptors (Lipinski definition) is 4. The van der Waals surface area contributed by atoms with E-state index in [9.17, 15) is 22.8 Å². The number of aryl methyl sites for hydroxylation is 1. The van der Waals surface area contributed by atoms with Crippen LogP contribution >= 0.6 is 0 Å². The van der Waals surface area contributed by atoms with Gasteiger partial charge >= 0.3 is 6.18 Å². The van der Waals surface area contributed by atoms with Crippen LogP contribution in [0.4, 0.5) is 13.2 Å². The lowest BCUT2D eigenvalue weighted by Gasteiger charge is -2.09. The topological polar surface area (TPSA) is 87.7 Å². The molecule has 0 aliphatic rings. The smallest absolute Gasteiger partial charge is 0.354 e. The molecule has 0 spiro atoms. The van der Waals surface area contributed by atoms with Gasteiger partial charge in [0.15, 0.2) is 0 Å². The molecule has 0 atom stereocenters. The molecule has 26 heavy (non-hydrogen) atoms. The lowest BCUT2D eigenvalue weighted by Crippen LogP contribution is -2.31. The zero-order valence-electron chi connectivity index (χ0n) is 14.4. The Hall–Kier alpha value is -2.71. The second kappa shape index (κ2) is 8.11. The van der Waals surface area contributed by atoms with E-state index < -0.39 is 17.3 Å². The number of benzene rings is 1. The number of nitrogens with one attached hydrogen (secondary N) is 2. The SMILES string of the molecule is CC(C)NC(=O)CCc1nnc(Cc2cccc(C(F)(F)F)c2)[nH]c1=O. The van der Waals surface area contributed by atoms with Gasteiger partial charge in [-0.25, -0.2) is 0 Å². The van der Waals surface area contributed by atoms with Crippen LogP contribution in [0.2, 0.25) is 0 Å². The molecule has 1 aromatic carbocycles. The van der Waals surface area contributed by atoms with E-state index in [0.717, 1.165) is 12.1 Å². The van der Waals surface area contributed by atoms with Crippen molar-refractivity contribution in [2.75, 3.05) is 0 Å². The first-order valence-electron chi connectivity index (χ1n) is 8.05. The molecule has 0 aliphatic heterocycles. The molecule has 2 aromatic rings. The number of rotatable bonds is 6. The number of amides is 1. The third kappa shape index (κ3) is 5.68. The summed E-state index contributed by atoms with van der Waals surface area (Å²) >= 11 is 0. The molecule has 1 amide bonds. The van der Waals surface area contributed by atoms with Crippen molar-refractivity contribution in [1.82, 2.24) is 20.5 Å². The maximum atomic E-state index is 12.7. The first kappa shape index (κ1) is 19.6. The average molecular weight is 368 g/mol. The highest BCUT2D eigenvalue weighted by molar-refractivity contribution is 5.76. The highest BCUT2D eigenvalue weighted by Gasteiger charge is 2.30. The molecule has 140 valence electrons. The lowest BCUT2D eigenvalue weighted by atomic mass is 10.1. The van der Waals surface area contributed by atoms with Crippen molar-refractivity contribution in [3.05, 3.63) is 57.3 Å². The Kier molecular flexibility index (Phi) is 6.12. The number of aromatic amines is 1. The molecule has 2 rings (SSSR count). The van der Waals surface area contributed by atoms with Gasteiger partial charge in [-0.2, -0.15) is 13.2 Å². The van der Waals surface area contributed by atoms with Crippen LogP contribution in [0.15, 0.2) is 29.1 Å². The first-order valence-corrected chi connectivity index (χ1v) is 8.05. The number of hydrogen-bond donors (Lipinski definition) is 2. The molecule has 0 fully saturated rings. The van der Waals surface area contributed by atoms with Gasteiger partial charge in [0.05, 0.1) is 5.56 Å². The molecular weight excluding hydrogens is 349 g/mol. The lowest BCUT2D eigenvalue weighted by molar-refractivity contribution is -0.137. The van der Waals surface area contributed by atoms with Gasteiger partial charge in [0.2, 0.25) is 5.91 Å². The van der Waals surface area contributed by atoms with Crippen molar-refractivity contribution in [3.63, 3.8) is 0 Å². The number of alkyl halides is 3. The Morgan fingerprint density at radius 1 is 1.27 bits per heavy atom. The van der Waals surface area contributed by atoms with E-state index in [0.29, 0.717) is 5.56 Å². The van der Waals surface area contributed by atoms with Gasteiger partial charge in [0, 0.05) is 25.3 Å². The number of carbonyl (C=O) groups is 1. The molecule has 0 aliphatic carbocycles. The Morgan fingerprint density at radius 3 is 2.62 bits per heavy atom.